The Hall–Kier alpha value is -2.98. The molecule has 0 saturated carbocycles. The van der Waals surface area contributed by atoms with E-state index in [2.05, 4.69) is 5.32 Å². The van der Waals surface area contributed by atoms with E-state index in [1.807, 2.05) is 31.2 Å². The van der Waals surface area contributed by atoms with Gasteiger partial charge in [0.1, 0.15) is 17.9 Å². The quantitative estimate of drug-likeness (QED) is 0.890. The van der Waals surface area contributed by atoms with Crippen molar-refractivity contribution >= 4 is 5.69 Å². The van der Waals surface area contributed by atoms with E-state index >= 15 is 0 Å². The van der Waals surface area contributed by atoms with Gasteiger partial charge in [0, 0.05) is 11.7 Å². The molecule has 4 heteroatoms. The first kappa shape index (κ1) is 13.5. The fraction of sp³-hybridized carbons (Fsp3) is 0.125. The number of nitriles is 2. The summed E-state index contributed by atoms with van der Waals surface area (Å²) in [6.07, 6.45) is 0. The highest BCUT2D eigenvalue weighted by molar-refractivity contribution is 5.57. The predicted octanol–water partition coefficient (Wildman–Crippen LogP) is 3.31. The van der Waals surface area contributed by atoms with Crippen LogP contribution in [0, 0.1) is 22.7 Å². The molecule has 4 nitrogen and oxygen atoms in total. The van der Waals surface area contributed by atoms with E-state index in [0.717, 1.165) is 11.3 Å². The van der Waals surface area contributed by atoms with E-state index < -0.39 is 0 Å². The van der Waals surface area contributed by atoms with Gasteiger partial charge in [0.25, 0.3) is 0 Å². The van der Waals surface area contributed by atoms with Crippen LogP contribution in [0.15, 0.2) is 42.5 Å². The molecule has 2 N–H and O–H groups in total. The Labute approximate surface area is 117 Å². The van der Waals surface area contributed by atoms with Gasteiger partial charge in [0.2, 0.25) is 0 Å². The second-order valence-electron chi connectivity index (χ2n) is 4.44. The lowest BCUT2D eigenvalue weighted by Crippen LogP contribution is -2.06. The molecule has 2 aromatic carbocycles. The summed E-state index contributed by atoms with van der Waals surface area (Å²) >= 11 is 0. The Morgan fingerprint density at radius 3 is 2.25 bits per heavy atom. The Morgan fingerprint density at radius 2 is 1.65 bits per heavy atom. The Kier molecular flexibility index (Phi) is 3.88. The largest absolute Gasteiger partial charge is 0.508 e. The summed E-state index contributed by atoms with van der Waals surface area (Å²) in [5.41, 5.74) is 2.53. The van der Waals surface area contributed by atoms with E-state index in [9.17, 15) is 5.11 Å². The molecule has 0 aromatic heterocycles. The molecule has 2 aromatic rings. The van der Waals surface area contributed by atoms with Gasteiger partial charge in [-0.05, 0) is 42.8 Å². The van der Waals surface area contributed by atoms with Gasteiger partial charge in [-0.3, -0.25) is 0 Å². The molecule has 0 bridgehead atoms. The van der Waals surface area contributed by atoms with E-state index in [1.165, 1.54) is 0 Å². The Balaban J connectivity index is 2.20. The van der Waals surface area contributed by atoms with Crippen molar-refractivity contribution in [1.29, 1.82) is 10.5 Å². The average molecular weight is 263 g/mol. The van der Waals surface area contributed by atoms with Gasteiger partial charge >= 0.3 is 0 Å². The first-order valence-electron chi connectivity index (χ1n) is 6.13. The van der Waals surface area contributed by atoms with E-state index in [4.69, 9.17) is 10.5 Å². The van der Waals surface area contributed by atoms with Crippen LogP contribution in [0.2, 0.25) is 0 Å². The number of hydrogen-bond donors (Lipinski definition) is 2. The predicted molar refractivity (Wildman–Crippen MR) is 76.0 cm³/mol. The molecule has 0 aliphatic heterocycles. The van der Waals surface area contributed by atoms with Crippen molar-refractivity contribution in [1.82, 2.24) is 0 Å². The smallest absolute Gasteiger partial charge is 0.115 e. The molecule has 2 rings (SSSR count). The summed E-state index contributed by atoms with van der Waals surface area (Å²) < 4.78 is 0. The number of rotatable bonds is 3. The molecule has 0 fully saturated rings. The third-order valence-corrected chi connectivity index (χ3v) is 3.04. The fourth-order valence-electron chi connectivity index (χ4n) is 1.92. The van der Waals surface area contributed by atoms with Crippen LogP contribution in [-0.4, -0.2) is 5.11 Å². The van der Waals surface area contributed by atoms with Crippen LogP contribution in [0.3, 0.4) is 0 Å². The minimum Gasteiger partial charge on any atom is -0.508 e. The van der Waals surface area contributed by atoms with E-state index in [1.54, 1.807) is 30.3 Å². The lowest BCUT2D eigenvalue weighted by Gasteiger charge is -2.16. The van der Waals surface area contributed by atoms with Crippen molar-refractivity contribution in [3.63, 3.8) is 0 Å². The summed E-state index contributed by atoms with van der Waals surface area (Å²) in [6.45, 7) is 1.98. The molecule has 20 heavy (non-hydrogen) atoms. The highest BCUT2D eigenvalue weighted by atomic mass is 16.3. The maximum Gasteiger partial charge on any atom is 0.115 e. The van der Waals surface area contributed by atoms with Crippen molar-refractivity contribution in [2.24, 2.45) is 0 Å². The number of anilines is 1. The molecule has 0 saturated heterocycles. The second-order valence-corrected chi connectivity index (χ2v) is 4.44. The third kappa shape index (κ3) is 2.88. The van der Waals surface area contributed by atoms with Gasteiger partial charge < -0.3 is 10.4 Å². The highest BCUT2D eigenvalue weighted by Gasteiger charge is 2.07. The summed E-state index contributed by atoms with van der Waals surface area (Å²) in [4.78, 5) is 0. The monoisotopic (exact) mass is 263 g/mol. The van der Waals surface area contributed by atoms with Crippen LogP contribution in [0.4, 0.5) is 5.69 Å². The number of phenolic OH excluding ortho intramolecular Hbond substituents is 1. The van der Waals surface area contributed by atoms with Gasteiger partial charge in [-0.15, -0.1) is 0 Å². The number of benzene rings is 2. The van der Waals surface area contributed by atoms with Crippen LogP contribution in [0.5, 0.6) is 5.75 Å². The van der Waals surface area contributed by atoms with Gasteiger partial charge in [-0.25, -0.2) is 0 Å². The van der Waals surface area contributed by atoms with Crippen molar-refractivity contribution in [3.05, 3.63) is 59.2 Å². The molecule has 0 spiro atoms. The van der Waals surface area contributed by atoms with Crippen LogP contribution in [-0.2, 0) is 0 Å². The zero-order chi connectivity index (χ0) is 14.5. The summed E-state index contributed by atoms with van der Waals surface area (Å²) in [5, 5.41) is 30.4. The van der Waals surface area contributed by atoms with Gasteiger partial charge in [0.15, 0.2) is 0 Å². The summed E-state index contributed by atoms with van der Waals surface area (Å²) in [7, 11) is 0. The zero-order valence-electron chi connectivity index (χ0n) is 11.0. The van der Waals surface area contributed by atoms with Crippen molar-refractivity contribution in [3.8, 4) is 17.9 Å². The third-order valence-electron chi connectivity index (χ3n) is 3.04. The Morgan fingerprint density at radius 1 is 1.00 bits per heavy atom. The van der Waals surface area contributed by atoms with Crippen LogP contribution in [0.1, 0.15) is 29.7 Å². The molecule has 0 aliphatic rings. The molecule has 0 radical (unpaired) electrons. The highest BCUT2D eigenvalue weighted by Crippen LogP contribution is 2.22. The normalized spacial score (nSPS) is 11.2. The topological polar surface area (TPSA) is 79.8 Å². The molecule has 0 heterocycles. The fourth-order valence-corrected chi connectivity index (χ4v) is 1.92. The zero-order valence-corrected chi connectivity index (χ0v) is 11.0. The van der Waals surface area contributed by atoms with E-state index in [0.29, 0.717) is 11.1 Å². The first-order valence-corrected chi connectivity index (χ1v) is 6.13. The van der Waals surface area contributed by atoms with Gasteiger partial charge in [-0.2, -0.15) is 10.5 Å². The average Bonchev–Trinajstić information content (AvgIpc) is 2.47. The number of hydrogen-bond acceptors (Lipinski definition) is 4. The second kappa shape index (κ2) is 5.77. The molecular weight excluding hydrogens is 250 g/mol. The first-order chi connectivity index (χ1) is 9.63. The molecule has 0 amide bonds. The minimum atomic E-state index is 0.0232. The SMILES string of the molecule is CC(Nc1ccc(C#N)c(C#N)c1)c1ccc(O)cc1. The maximum absolute atomic E-state index is 9.27. The van der Waals surface area contributed by atoms with Crippen molar-refractivity contribution < 1.29 is 5.11 Å². The molecular formula is C16H13N3O. The van der Waals surface area contributed by atoms with Crippen molar-refractivity contribution in [2.45, 2.75) is 13.0 Å². The lowest BCUT2D eigenvalue weighted by molar-refractivity contribution is 0.475. The number of nitrogens with one attached hydrogen (secondary N) is 1. The van der Waals surface area contributed by atoms with Gasteiger partial charge in [0.05, 0.1) is 11.1 Å². The Bertz CT molecular complexity index is 693. The lowest BCUT2D eigenvalue weighted by atomic mass is 10.1. The minimum absolute atomic E-state index is 0.0232. The summed E-state index contributed by atoms with van der Waals surface area (Å²) in [6, 6.07) is 16.0. The number of aromatic hydroxyl groups is 1. The van der Waals surface area contributed by atoms with Crippen LogP contribution >= 0.6 is 0 Å². The van der Waals surface area contributed by atoms with E-state index in [-0.39, 0.29) is 11.8 Å². The summed E-state index contributed by atoms with van der Waals surface area (Å²) in [5.74, 6) is 0.228. The van der Waals surface area contributed by atoms with Crippen molar-refractivity contribution in [2.75, 3.05) is 5.32 Å². The van der Waals surface area contributed by atoms with Crippen LogP contribution < -0.4 is 5.32 Å². The maximum atomic E-state index is 9.27. The van der Waals surface area contributed by atoms with Gasteiger partial charge in [-0.1, -0.05) is 12.1 Å². The number of phenols is 1. The van der Waals surface area contributed by atoms with Crippen LogP contribution in [0.25, 0.3) is 0 Å². The standard InChI is InChI=1S/C16H13N3O/c1-11(12-3-6-16(20)7-4-12)19-15-5-2-13(9-17)14(8-15)10-18/h2-8,11,19-20H,1H3. The molecule has 1 atom stereocenters. The molecule has 98 valence electrons. The number of nitrogens with zero attached hydrogens (tertiary/aromatic N) is 2. The molecule has 0 aliphatic carbocycles. The molecule has 1 unspecified atom stereocenters.